The van der Waals surface area contributed by atoms with Crippen molar-refractivity contribution < 1.29 is 27.1 Å². The zero-order chi connectivity index (χ0) is 26.9. The minimum absolute atomic E-state index is 0.0557. The molecular weight excluding hydrogens is 522 g/mol. The predicted molar refractivity (Wildman–Crippen MR) is 136 cm³/mol. The summed E-state index contributed by atoms with van der Waals surface area (Å²) in [6, 6.07) is 5.38. The average Bonchev–Trinajstić information content (AvgIpc) is 3.39. The van der Waals surface area contributed by atoms with Crippen molar-refractivity contribution >= 4 is 28.1 Å². The van der Waals surface area contributed by atoms with Crippen molar-refractivity contribution in [3.05, 3.63) is 40.5 Å². The Balaban J connectivity index is 1.06. The van der Waals surface area contributed by atoms with Crippen LogP contribution in [-0.2, 0) is 19.9 Å². The molecule has 1 N–H and O–H groups in total. The molecule has 1 fully saturated rings. The van der Waals surface area contributed by atoms with Gasteiger partial charge in [-0.1, -0.05) is 17.4 Å². The van der Waals surface area contributed by atoms with Crippen LogP contribution >= 0.6 is 11.3 Å². The molecule has 12 heteroatoms. The minimum atomic E-state index is -4.39. The van der Waals surface area contributed by atoms with Crippen molar-refractivity contribution in [1.29, 1.82) is 0 Å². The summed E-state index contributed by atoms with van der Waals surface area (Å²) >= 11 is 1.17. The number of hydrogen-bond donors (Lipinski definition) is 1. The molecule has 0 spiro atoms. The van der Waals surface area contributed by atoms with Crippen LogP contribution in [0.15, 0.2) is 24.4 Å². The van der Waals surface area contributed by atoms with Gasteiger partial charge in [0.1, 0.15) is 5.67 Å². The maximum absolute atomic E-state index is 15.6. The Hall–Kier alpha value is -2.73. The first-order valence-electron chi connectivity index (χ1n) is 12.9. The highest BCUT2D eigenvalue weighted by Crippen LogP contribution is 2.36. The third kappa shape index (κ3) is 6.63. The van der Waals surface area contributed by atoms with Crippen molar-refractivity contribution in [2.24, 2.45) is 7.05 Å². The molecule has 7 nitrogen and oxygen atoms in total. The van der Waals surface area contributed by atoms with Crippen LogP contribution in [0, 0.1) is 0 Å². The lowest BCUT2D eigenvalue weighted by molar-refractivity contribution is -0.153. The van der Waals surface area contributed by atoms with Gasteiger partial charge in [0.15, 0.2) is 6.61 Å². The number of aromatic nitrogens is 3. The minimum Gasteiger partial charge on any atom is -0.460 e. The van der Waals surface area contributed by atoms with Gasteiger partial charge in [-0.2, -0.15) is 18.3 Å². The fraction of sp³-hybridized carbons (Fsp3) is 0.577. The molecule has 1 aliphatic heterocycles. The van der Waals surface area contributed by atoms with E-state index in [1.807, 2.05) is 19.3 Å². The molecule has 2 aromatic heterocycles. The van der Waals surface area contributed by atoms with Crippen molar-refractivity contribution in [3.63, 3.8) is 0 Å². The SMILES string of the molecule is Cn1cc2ccc(C(=O)NC3CCC(F)(CCN4CCc5nc(OCC(F)(F)F)sc5CC4)CC3)cc2n1. The Morgan fingerprint density at radius 2 is 2.00 bits per heavy atom. The molecule has 0 bridgehead atoms. The molecule has 1 saturated carbocycles. The number of nitrogens with zero attached hydrogens (tertiary/aromatic N) is 4. The summed E-state index contributed by atoms with van der Waals surface area (Å²) in [5.74, 6) is -0.161. The van der Waals surface area contributed by atoms with E-state index in [9.17, 15) is 18.0 Å². The maximum Gasteiger partial charge on any atom is 0.422 e. The number of rotatable bonds is 7. The van der Waals surface area contributed by atoms with E-state index in [0.717, 1.165) is 21.5 Å². The van der Waals surface area contributed by atoms with E-state index in [-0.39, 0.29) is 17.1 Å². The molecule has 1 aromatic carbocycles. The van der Waals surface area contributed by atoms with Crippen LogP contribution in [0.4, 0.5) is 17.6 Å². The first kappa shape index (κ1) is 26.9. The van der Waals surface area contributed by atoms with Crippen LogP contribution in [0.1, 0.15) is 53.0 Å². The molecular formula is C26H31F4N5O2S. The van der Waals surface area contributed by atoms with E-state index in [0.29, 0.717) is 70.1 Å². The van der Waals surface area contributed by atoms with Crippen molar-refractivity contribution in [2.75, 3.05) is 26.2 Å². The summed E-state index contributed by atoms with van der Waals surface area (Å²) in [7, 11) is 1.84. The fourth-order valence-electron chi connectivity index (χ4n) is 5.25. The molecule has 1 amide bonds. The molecule has 3 aromatic rings. The Morgan fingerprint density at radius 1 is 1.24 bits per heavy atom. The number of benzene rings is 1. The first-order chi connectivity index (χ1) is 18.1. The molecule has 0 radical (unpaired) electrons. The number of alkyl halides is 4. The molecule has 3 heterocycles. The van der Waals surface area contributed by atoms with Crippen LogP contribution in [0.2, 0.25) is 0 Å². The Kier molecular flexibility index (Phi) is 7.63. The van der Waals surface area contributed by atoms with Gasteiger partial charge in [0, 0.05) is 61.2 Å². The summed E-state index contributed by atoms with van der Waals surface area (Å²) in [4.78, 5) is 20.1. The van der Waals surface area contributed by atoms with Crippen LogP contribution < -0.4 is 10.1 Å². The predicted octanol–water partition coefficient (Wildman–Crippen LogP) is 4.84. The second-order valence-electron chi connectivity index (χ2n) is 10.3. The van der Waals surface area contributed by atoms with Gasteiger partial charge in [0.2, 0.25) is 0 Å². The molecule has 0 unspecified atom stereocenters. The summed E-state index contributed by atoms with van der Waals surface area (Å²) in [6.45, 7) is 0.674. The van der Waals surface area contributed by atoms with E-state index < -0.39 is 18.5 Å². The second-order valence-corrected chi connectivity index (χ2v) is 11.4. The van der Waals surface area contributed by atoms with Gasteiger partial charge in [0.05, 0.1) is 11.2 Å². The molecule has 0 saturated heterocycles. The number of halogens is 4. The maximum atomic E-state index is 15.6. The molecule has 206 valence electrons. The zero-order valence-corrected chi connectivity index (χ0v) is 22.0. The molecule has 5 rings (SSSR count). The quantitative estimate of drug-likeness (QED) is 0.424. The highest BCUT2D eigenvalue weighted by molar-refractivity contribution is 7.13. The third-order valence-electron chi connectivity index (χ3n) is 7.41. The van der Waals surface area contributed by atoms with Crippen LogP contribution in [0.5, 0.6) is 5.19 Å². The number of amides is 1. The second kappa shape index (κ2) is 10.8. The third-order valence-corrected chi connectivity index (χ3v) is 8.48. The number of hydrogen-bond acceptors (Lipinski definition) is 6. The Morgan fingerprint density at radius 3 is 2.76 bits per heavy atom. The average molecular weight is 554 g/mol. The van der Waals surface area contributed by atoms with Gasteiger partial charge < -0.3 is 15.0 Å². The highest BCUT2D eigenvalue weighted by atomic mass is 32.1. The molecule has 1 aliphatic carbocycles. The van der Waals surface area contributed by atoms with Crippen molar-refractivity contribution in [1.82, 2.24) is 25.0 Å². The van der Waals surface area contributed by atoms with Crippen molar-refractivity contribution in [2.45, 2.75) is 62.8 Å². The van der Waals surface area contributed by atoms with Crippen LogP contribution in [-0.4, -0.2) is 69.7 Å². The highest BCUT2D eigenvalue weighted by Gasteiger charge is 2.36. The number of carbonyl (C=O) groups excluding carboxylic acids is 1. The summed E-state index contributed by atoms with van der Waals surface area (Å²) < 4.78 is 59.3. The normalized spacial score (nSPS) is 22.7. The van der Waals surface area contributed by atoms with E-state index in [1.165, 1.54) is 11.3 Å². The summed E-state index contributed by atoms with van der Waals surface area (Å²) in [5, 5.41) is 8.44. The number of aryl methyl sites for hydroxylation is 1. The van der Waals surface area contributed by atoms with Gasteiger partial charge in [-0.25, -0.2) is 9.37 Å². The van der Waals surface area contributed by atoms with Gasteiger partial charge >= 0.3 is 6.18 Å². The molecule has 0 atom stereocenters. The Labute approximate surface area is 222 Å². The van der Waals surface area contributed by atoms with Gasteiger partial charge in [0.25, 0.3) is 11.1 Å². The molecule has 38 heavy (non-hydrogen) atoms. The summed E-state index contributed by atoms with van der Waals surface area (Å²) in [6.07, 6.45) is 1.20. The van der Waals surface area contributed by atoms with Gasteiger partial charge in [-0.3, -0.25) is 9.48 Å². The molecule has 2 aliphatic rings. The number of nitrogens with one attached hydrogen (secondary N) is 1. The van der Waals surface area contributed by atoms with E-state index >= 15 is 4.39 Å². The van der Waals surface area contributed by atoms with E-state index in [4.69, 9.17) is 4.74 Å². The first-order valence-corrected chi connectivity index (χ1v) is 13.7. The fourth-order valence-corrected chi connectivity index (χ4v) is 6.20. The van der Waals surface area contributed by atoms with Crippen LogP contribution in [0.25, 0.3) is 10.9 Å². The lowest BCUT2D eigenvalue weighted by atomic mass is 9.81. The van der Waals surface area contributed by atoms with Crippen molar-refractivity contribution in [3.8, 4) is 5.19 Å². The topological polar surface area (TPSA) is 72.3 Å². The number of ether oxygens (including phenoxy) is 1. The number of fused-ring (bicyclic) bond motifs is 2. The summed E-state index contributed by atoms with van der Waals surface area (Å²) in [5.41, 5.74) is 0.836. The van der Waals surface area contributed by atoms with Crippen LogP contribution in [0.3, 0.4) is 0 Å². The zero-order valence-electron chi connectivity index (χ0n) is 21.2. The lowest BCUT2D eigenvalue weighted by Gasteiger charge is -2.35. The monoisotopic (exact) mass is 553 g/mol. The van der Waals surface area contributed by atoms with E-state index in [1.54, 1.807) is 16.8 Å². The lowest BCUT2D eigenvalue weighted by Crippen LogP contribution is -2.43. The largest absolute Gasteiger partial charge is 0.460 e. The standard InChI is InChI=1S/C26H31F4N5O2S/c1-34-15-18-3-2-17(14-21(18)33-34)23(36)31-19-4-8-25(27,9-5-19)10-13-35-11-6-20-22(7-12-35)38-24(32-20)37-16-26(28,29)30/h2-3,14-15,19H,4-13,16H2,1H3,(H,31,36). The smallest absolute Gasteiger partial charge is 0.422 e. The van der Waals surface area contributed by atoms with E-state index in [2.05, 4.69) is 20.3 Å². The van der Waals surface area contributed by atoms with Gasteiger partial charge in [-0.15, -0.1) is 0 Å². The number of carbonyl (C=O) groups is 1. The van der Waals surface area contributed by atoms with Gasteiger partial charge in [-0.05, 0) is 50.7 Å². The number of thiazole rings is 1. The Bertz CT molecular complexity index is 1260.